The molecule has 2 aliphatic heterocycles. The molecule has 2 atom stereocenters. The van der Waals surface area contributed by atoms with Gasteiger partial charge in [-0.25, -0.2) is 0 Å². The van der Waals surface area contributed by atoms with Crippen molar-refractivity contribution in [2.24, 2.45) is 5.41 Å². The molecule has 0 aromatic rings. The summed E-state index contributed by atoms with van der Waals surface area (Å²) in [5.41, 5.74) is 0.116. The van der Waals surface area contributed by atoms with E-state index >= 15 is 0 Å². The molecular weight excluding hydrogens is 188 g/mol. The molecule has 2 aliphatic rings. The Morgan fingerprint density at radius 1 is 1.27 bits per heavy atom. The number of amides is 1. The van der Waals surface area contributed by atoms with Gasteiger partial charge in [-0.2, -0.15) is 0 Å². The van der Waals surface area contributed by atoms with Crippen LogP contribution < -0.4 is 0 Å². The molecule has 0 radical (unpaired) electrons. The molecule has 86 valence electrons. The molecule has 15 heavy (non-hydrogen) atoms. The number of nitrogens with zero attached hydrogens (tertiary/aromatic N) is 2. The van der Waals surface area contributed by atoms with Crippen molar-refractivity contribution in [3.8, 4) is 0 Å². The van der Waals surface area contributed by atoms with Crippen LogP contribution >= 0.6 is 0 Å². The summed E-state index contributed by atoms with van der Waals surface area (Å²) < 4.78 is 0. The first kappa shape index (κ1) is 10.9. The van der Waals surface area contributed by atoms with Crippen LogP contribution in [0, 0.1) is 5.41 Å². The Morgan fingerprint density at radius 3 is 2.33 bits per heavy atom. The molecule has 2 bridgehead atoms. The average molecular weight is 210 g/mol. The summed E-state index contributed by atoms with van der Waals surface area (Å²) >= 11 is 0. The second-order valence-electron chi connectivity index (χ2n) is 6.27. The van der Waals surface area contributed by atoms with E-state index in [2.05, 4.69) is 37.6 Å². The molecule has 0 saturated carbocycles. The molecule has 0 spiro atoms. The van der Waals surface area contributed by atoms with Crippen molar-refractivity contribution >= 4 is 5.91 Å². The summed E-state index contributed by atoms with van der Waals surface area (Å²) in [4.78, 5) is 16.6. The maximum Gasteiger partial charge on any atom is 0.223 e. The third-order valence-electron chi connectivity index (χ3n) is 3.52. The Morgan fingerprint density at radius 2 is 1.93 bits per heavy atom. The molecule has 1 amide bonds. The highest BCUT2D eigenvalue weighted by molar-refractivity contribution is 5.77. The Hall–Kier alpha value is -0.570. The summed E-state index contributed by atoms with van der Waals surface area (Å²) in [6.07, 6.45) is 1.87. The maximum absolute atomic E-state index is 12.1. The van der Waals surface area contributed by atoms with Crippen molar-refractivity contribution in [3.63, 3.8) is 0 Å². The third-order valence-corrected chi connectivity index (χ3v) is 3.52. The van der Waals surface area contributed by atoms with Crippen molar-refractivity contribution in [1.82, 2.24) is 9.80 Å². The van der Waals surface area contributed by atoms with E-state index in [0.29, 0.717) is 24.4 Å². The van der Waals surface area contributed by atoms with E-state index in [4.69, 9.17) is 0 Å². The predicted octanol–water partition coefficient (Wildman–Crippen LogP) is 1.34. The van der Waals surface area contributed by atoms with E-state index < -0.39 is 0 Å². The summed E-state index contributed by atoms with van der Waals surface area (Å²) in [6, 6.07) is 1.12. The van der Waals surface area contributed by atoms with Gasteiger partial charge < -0.3 is 4.90 Å². The van der Waals surface area contributed by atoms with Crippen LogP contribution in [-0.2, 0) is 4.79 Å². The first-order chi connectivity index (χ1) is 6.87. The Balaban J connectivity index is 1.94. The number of likely N-dealkylation sites (N-methyl/N-ethyl adjacent to an activating group) is 1. The monoisotopic (exact) mass is 210 g/mol. The van der Waals surface area contributed by atoms with E-state index in [9.17, 15) is 4.79 Å². The second kappa shape index (κ2) is 3.48. The zero-order chi connectivity index (χ0) is 11.2. The number of likely N-dealkylation sites (tertiary alicyclic amines) is 2. The maximum atomic E-state index is 12.1. The lowest BCUT2D eigenvalue weighted by molar-refractivity contribution is -0.135. The van der Waals surface area contributed by atoms with Gasteiger partial charge in [0, 0.05) is 31.6 Å². The number of piperazine rings is 1. The standard InChI is InChI=1S/C12H22N2O/c1-12(2,3)6-11(15)14-8-9-5-10(14)7-13(9)4/h9-10H,5-8H2,1-4H3/t9-,10+/m0/s1. The van der Waals surface area contributed by atoms with E-state index in [1.807, 2.05) is 0 Å². The number of carbonyl (C=O) groups is 1. The van der Waals surface area contributed by atoms with Crippen molar-refractivity contribution in [3.05, 3.63) is 0 Å². The number of hydrogen-bond donors (Lipinski definition) is 0. The van der Waals surface area contributed by atoms with Gasteiger partial charge in [-0.3, -0.25) is 9.69 Å². The van der Waals surface area contributed by atoms with Crippen molar-refractivity contribution in [2.45, 2.75) is 45.7 Å². The number of rotatable bonds is 1. The zero-order valence-electron chi connectivity index (χ0n) is 10.3. The molecule has 0 aromatic carbocycles. The molecule has 0 aliphatic carbocycles. The predicted molar refractivity (Wildman–Crippen MR) is 60.6 cm³/mol. The topological polar surface area (TPSA) is 23.6 Å². The molecule has 3 nitrogen and oxygen atoms in total. The number of carbonyl (C=O) groups excluding carboxylic acids is 1. The molecule has 2 heterocycles. The SMILES string of the molecule is CN1C[C@H]2C[C@H]1CN2C(=O)CC(C)(C)C. The van der Waals surface area contributed by atoms with Crippen LogP contribution in [0.4, 0.5) is 0 Å². The van der Waals surface area contributed by atoms with Crippen molar-refractivity contribution in [1.29, 1.82) is 0 Å². The number of hydrogen-bond acceptors (Lipinski definition) is 2. The van der Waals surface area contributed by atoms with Crippen LogP contribution in [-0.4, -0.2) is 47.9 Å². The lowest BCUT2D eigenvalue weighted by atomic mass is 9.91. The highest BCUT2D eigenvalue weighted by Gasteiger charge is 2.43. The van der Waals surface area contributed by atoms with Crippen molar-refractivity contribution < 1.29 is 4.79 Å². The highest BCUT2D eigenvalue weighted by Crippen LogP contribution is 2.31. The first-order valence-corrected chi connectivity index (χ1v) is 5.86. The summed E-state index contributed by atoms with van der Waals surface area (Å²) in [5.74, 6) is 0.350. The van der Waals surface area contributed by atoms with E-state index in [-0.39, 0.29) is 5.41 Å². The Kier molecular flexibility index (Phi) is 2.53. The van der Waals surface area contributed by atoms with Crippen molar-refractivity contribution in [2.75, 3.05) is 20.1 Å². The average Bonchev–Trinajstić information content (AvgIpc) is 2.58. The fraction of sp³-hybridized carbons (Fsp3) is 0.917. The number of fused-ring (bicyclic) bond motifs is 2. The summed E-state index contributed by atoms with van der Waals surface area (Å²) in [5, 5.41) is 0. The minimum absolute atomic E-state index is 0.116. The molecule has 0 aromatic heterocycles. The van der Waals surface area contributed by atoms with Gasteiger partial charge in [-0.1, -0.05) is 20.8 Å². The molecule has 2 rings (SSSR count). The fourth-order valence-corrected chi connectivity index (χ4v) is 2.73. The van der Waals surface area contributed by atoms with E-state index in [0.717, 1.165) is 13.1 Å². The van der Waals surface area contributed by atoms with Gasteiger partial charge in [0.05, 0.1) is 0 Å². The lowest BCUT2D eigenvalue weighted by Gasteiger charge is -2.33. The van der Waals surface area contributed by atoms with Crippen LogP contribution in [0.25, 0.3) is 0 Å². The van der Waals surface area contributed by atoms with E-state index in [1.165, 1.54) is 6.42 Å². The van der Waals surface area contributed by atoms with Gasteiger partial charge in [-0.05, 0) is 18.9 Å². The minimum atomic E-state index is 0.116. The van der Waals surface area contributed by atoms with Crippen LogP contribution in [0.3, 0.4) is 0 Å². The van der Waals surface area contributed by atoms with Crippen LogP contribution in [0.5, 0.6) is 0 Å². The van der Waals surface area contributed by atoms with Crippen LogP contribution in [0.2, 0.25) is 0 Å². The first-order valence-electron chi connectivity index (χ1n) is 5.86. The van der Waals surface area contributed by atoms with Gasteiger partial charge in [0.1, 0.15) is 0 Å². The van der Waals surface area contributed by atoms with E-state index in [1.54, 1.807) is 0 Å². The van der Waals surface area contributed by atoms with Crippen LogP contribution in [0.1, 0.15) is 33.6 Å². The Bertz CT molecular complexity index is 267. The van der Waals surface area contributed by atoms with Gasteiger partial charge in [0.15, 0.2) is 0 Å². The Labute approximate surface area is 92.4 Å². The summed E-state index contributed by atoms with van der Waals surface area (Å²) in [7, 11) is 2.16. The molecule has 0 N–H and O–H groups in total. The van der Waals surface area contributed by atoms with Gasteiger partial charge in [-0.15, -0.1) is 0 Å². The van der Waals surface area contributed by atoms with Gasteiger partial charge >= 0.3 is 0 Å². The molecule has 3 heteroatoms. The smallest absolute Gasteiger partial charge is 0.223 e. The normalized spacial score (nSPS) is 31.3. The summed E-state index contributed by atoms with van der Waals surface area (Å²) in [6.45, 7) is 8.42. The van der Waals surface area contributed by atoms with Gasteiger partial charge in [0.25, 0.3) is 0 Å². The molecular formula is C12H22N2O. The van der Waals surface area contributed by atoms with Crippen LogP contribution in [0.15, 0.2) is 0 Å². The molecule has 2 fully saturated rings. The van der Waals surface area contributed by atoms with Gasteiger partial charge in [0.2, 0.25) is 5.91 Å². The third kappa shape index (κ3) is 2.17. The minimum Gasteiger partial charge on any atom is -0.337 e. The fourth-order valence-electron chi connectivity index (χ4n) is 2.73. The lowest BCUT2D eigenvalue weighted by Crippen LogP contribution is -2.47. The zero-order valence-corrected chi connectivity index (χ0v) is 10.3. The molecule has 2 saturated heterocycles. The second-order valence-corrected chi connectivity index (χ2v) is 6.27. The highest BCUT2D eigenvalue weighted by atomic mass is 16.2. The quantitative estimate of drug-likeness (QED) is 0.652. The largest absolute Gasteiger partial charge is 0.337 e. The molecule has 0 unspecified atom stereocenters.